The molecule has 4 aromatic carbocycles. The lowest BCUT2D eigenvalue weighted by Gasteiger charge is -2.23. The molecule has 0 saturated carbocycles. The van der Waals surface area contributed by atoms with Crippen LogP contribution >= 0.6 is 0 Å². The lowest BCUT2D eigenvalue weighted by molar-refractivity contribution is 0.405. The smallest absolute Gasteiger partial charge is 0.166 e. The Hall–Kier alpha value is -3.52. The predicted octanol–water partition coefficient (Wildman–Crippen LogP) is 6.08. The Labute approximate surface area is 151 Å². The number of fused-ring (bicyclic) bond motifs is 8. The highest BCUT2D eigenvalue weighted by atomic mass is 16.3. The summed E-state index contributed by atoms with van der Waals surface area (Å²) in [7, 11) is 0. The molecule has 2 heteroatoms. The summed E-state index contributed by atoms with van der Waals surface area (Å²) in [5.41, 5.74) is 7.97. The molecule has 0 unspecified atom stereocenters. The molecule has 4 aromatic rings. The number of hydrogen-bond donors (Lipinski definition) is 2. The molecular formula is C24H16O2. The first-order valence-corrected chi connectivity index (χ1v) is 8.59. The number of phenols is 2. The third kappa shape index (κ3) is 1.99. The van der Waals surface area contributed by atoms with Gasteiger partial charge in [-0.1, -0.05) is 72.8 Å². The summed E-state index contributed by atoms with van der Waals surface area (Å²) in [4.78, 5) is 0. The Balaban J connectivity index is 2.03. The summed E-state index contributed by atoms with van der Waals surface area (Å²) in [5, 5.41) is 20.9. The Bertz CT molecular complexity index is 1150. The van der Waals surface area contributed by atoms with Crippen LogP contribution in [0.25, 0.3) is 44.5 Å². The SMILES string of the molecule is Oc1ccc2c(c1O)-c1ccccc1-c1ccccc1-c1ccccc1-2. The van der Waals surface area contributed by atoms with E-state index in [9.17, 15) is 10.2 Å². The van der Waals surface area contributed by atoms with E-state index < -0.39 is 0 Å². The van der Waals surface area contributed by atoms with E-state index in [1.165, 1.54) is 0 Å². The minimum atomic E-state index is -0.107. The van der Waals surface area contributed by atoms with E-state index in [1.54, 1.807) is 6.07 Å². The van der Waals surface area contributed by atoms with Crippen LogP contribution in [0.2, 0.25) is 0 Å². The zero-order valence-corrected chi connectivity index (χ0v) is 14.0. The van der Waals surface area contributed by atoms with Crippen molar-refractivity contribution in [1.29, 1.82) is 0 Å². The van der Waals surface area contributed by atoms with Gasteiger partial charge in [-0.2, -0.15) is 0 Å². The van der Waals surface area contributed by atoms with Crippen LogP contribution in [0.1, 0.15) is 0 Å². The molecule has 124 valence electrons. The Morgan fingerprint density at radius 1 is 0.385 bits per heavy atom. The predicted molar refractivity (Wildman–Crippen MR) is 105 cm³/mol. The van der Waals surface area contributed by atoms with Crippen LogP contribution in [-0.2, 0) is 0 Å². The van der Waals surface area contributed by atoms with E-state index in [-0.39, 0.29) is 11.5 Å². The molecule has 0 amide bonds. The summed E-state index contributed by atoms with van der Waals surface area (Å²) >= 11 is 0. The molecular weight excluding hydrogens is 320 g/mol. The van der Waals surface area contributed by atoms with Gasteiger partial charge in [0.15, 0.2) is 11.5 Å². The zero-order valence-electron chi connectivity index (χ0n) is 14.0. The molecule has 2 nitrogen and oxygen atoms in total. The highest BCUT2D eigenvalue weighted by Crippen LogP contribution is 2.51. The summed E-state index contributed by atoms with van der Waals surface area (Å²) in [6.07, 6.45) is 0. The second-order valence-corrected chi connectivity index (χ2v) is 6.49. The van der Waals surface area contributed by atoms with Gasteiger partial charge in [0, 0.05) is 5.56 Å². The maximum Gasteiger partial charge on any atom is 0.166 e. The quantitative estimate of drug-likeness (QED) is 0.336. The van der Waals surface area contributed by atoms with Crippen molar-refractivity contribution in [1.82, 2.24) is 0 Å². The van der Waals surface area contributed by atoms with Crippen molar-refractivity contribution in [3.63, 3.8) is 0 Å². The van der Waals surface area contributed by atoms with Gasteiger partial charge in [0.05, 0.1) is 0 Å². The van der Waals surface area contributed by atoms with E-state index in [1.807, 2.05) is 42.5 Å². The topological polar surface area (TPSA) is 40.5 Å². The molecule has 2 N–H and O–H groups in total. The van der Waals surface area contributed by atoms with E-state index >= 15 is 0 Å². The standard InChI is InChI=1S/C24H16O2/c25-22-14-13-21-19-11-4-3-9-17(19)15-7-1-2-8-16(15)18-10-5-6-12-20(18)23(21)24(22)26/h1-14,25-26H. The van der Waals surface area contributed by atoms with Crippen LogP contribution < -0.4 is 0 Å². The third-order valence-electron chi connectivity index (χ3n) is 5.08. The van der Waals surface area contributed by atoms with Crippen molar-refractivity contribution in [2.45, 2.75) is 0 Å². The van der Waals surface area contributed by atoms with Crippen molar-refractivity contribution in [3.8, 4) is 56.0 Å². The molecule has 0 bridgehead atoms. The van der Waals surface area contributed by atoms with Crippen LogP contribution in [0.5, 0.6) is 11.5 Å². The molecule has 5 rings (SSSR count). The molecule has 26 heavy (non-hydrogen) atoms. The van der Waals surface area contributed by atoms with Gasteiger partial charge in [-0.15, -0.1) is 0 Å². The van der Waals surface area contributed by atoms with Crippen LogP contribution in [0, 0.1) is 0 Å². The van der Waals surface area contributed by atoms with Crippen LogP contribution in [0.4, 0.5) is 0 Å². The Morgan fingerprint density at radius 3 is 1.27 bits per heavy atom. The Morgan fingerprint density at radius 2 is 0.769 bits per heavy atom. The first-order chi connectivity index (χ1) is 12.8. The second kappa shape index (κ2) is 5.50. The van der Waals surface area contributed by atoms with E-state index in [2.05, 4.69) is 36.4 Å². The van der Waals surface area contributed by atoms with Gasteiger partial charge in [-0.25, -0.2) is 0 Å². The van der Waals surface area contributed by atoms with Gasteiger partial charge >= 0.3 is 0 Å². The molecule has 0 atom stereocenters. The largest absolute Gasteiger partial charge is 0.504 e. The molecule has 0 spiro atoms. The van der Waals surface area contributed by atoms with Gasteiger partial charge in [0.2, 0.25) is 0 Å². The third-order valence-corrected chi connectivity index (χ3v) is 5.08. The average molecular weight is 336 g/mol. The maximum atomic E-state index is 10.7. The van der Waals surface area contributed by atoms with Crippen molar-refractivity contribution >= 4 is 0 Å². The minimum Gasteiger partial charge on any atom is -0.504 e. The normalized spacial score (nSPS) is 11.4. The maximum absolute atomic E-state index is 10.7. The fraction of sp³-hybridized carbons (Fsp3) is 0. The highest BCUT2D eigenvalue weighted by molar-refractivity contribution is 6.04. The molecule has 0 heterocycles. The molecule has 0 saturated heterocycles. The highest BCUT2D eigenvalue weighted by Gasteiger charge is 2.24. The Kier molecular flexibility index (Phi) is 3.13. The first kappa shape index (κ1) is 14.8. The fourth-order valence-electron chi connectivity index (χ4n) is 3.92. The summed E-state index contributed by atoms with van der Waals surface area (Å²) < 4.78 is 0. The number of phenolic OH excluding ortho intramolecular Hbond substituents is 2. The van der Waals surface area contributed by atoms with Crippen molar-refractivity contribution in [2.24, 2.45) is 0 Å². The second-order valence-electron chi connectivity index (χ2n) is 6.49. The summed E-state index contributed by atoms with van der Waals surface area (Å²) in [5.74, 6) is -0.186. The fourth-order valence-corrected chi connectivity index (χ4v) is 3.92. The van der Waals surface area contributed by atoms with E-state index in [4.69, 9.17) is 0 Å². The molecule has 0 fully saturated rings. The van der Waals surface area contributed by atoms with Crippen molar-refractivity contribution < 1.29 is 10.2 Å². The van der Waals surface area contributed by atoms with Crippen molar-refractivity contribution in [2.75, 3.05) is 0 Å². The molecule has 0 aliphatic heterocycles. The number of aromatic hydroxyl groups is 2. The van der Waals surface area contributed by atoms with Gasteiger partial charge in [-0.3, -0.25) is 0 Å². The minimum absolute atomic E-state index is 0.0795. The zero-order chi connectivity index (χ0) is 17.7. The molecule has 0 aromatic heterocycles. The summed E-state index contributed by atoms with van der Waals surface area (Å²) in [6.45, 7) is 0. The van der Waals surface area contributed by atoms with Gasteiger partial charge in [-0.05, 0) is 51.1 Å². The average Bonchev–Trinajstić information content (AvgIpc) is 2.69. The van der Waals surface area contributed by atoms with Crippen molar-refractivity contribution in [3.05, 3.63) is 84.9 Å². The van der Waals surface area contributed by atoms with Crippen LogP contribution in [0.15, 0.2) is 84.9 Å². The molecule has 1 aliphatic rings. The lowest BCUT2D eigenvalue weighted by atomic mass is 9.80. The van der Waals surface area contributed by atoms with Crippen LogP contribution in [0.3, 0.4) is 0 Å². The van der Waals surface area contributed by atoms with E-state index in [0.717, 1.165) is 38.9 Å². The van der Waals surface area contributed by atoms with Gasteiger partial charge in [0.25, 0.3) is 0 Å². The summed E-state index contributed by atoms with van der Waals surface area (Å²) in [6, 6.07) is 28.0. The number of rotatable bonds is 0. The monoisotopic (exact) mass is 336 g/mol. The lowest BCUT2D eigenvalue weighted by Crippen LogP contribution is -1.97. The van der Waals surface area contributed by atoms with Gasteiger partial charge < -0.3 is 10.2 Å². The molecule has 0 radical (unpaired) electrons. The first-order valence-electron chi connectivity index (χ1n) is 8.59. The van der Waals surface area contributed by atoms with Gasteiger partial charge in [0.1, 0.15) is 0 Å². The number of benzene rings is 4. The van der Waals surface area contributed by atoms with Crippen LogP contribution in [-0.4, -0.2) is 10.2 Å². The number of hydrogen-bond acceptors (Lipinski definition) is 2. The molecule has 1 aliphatic carbocycles. The van der Waals surface area contributed by atoms with E-state index in [0.29, 0.717) is 5.56 Å².